The summed E-state index contributed by atoms with van der Waals surface area (Å²) in [6.45, 7) is 10.8. The van der Waals surface area contributed by atoms with Gasteiger partial charge in [0.05, 0.1) is 0 Å². The molecular formula is C25H42O2SSn. The first-order chi connectivity index (χ1) is 13.8. The second-order valence-electron chi connectivity index (χ2n) is 8.38. The Morgan fingerprint density at radius 3 is 1.83 bits per heavy atom. The molecule has 4 heteroatoms. The molecule has 0 saturated carbocycles. The minimum absolute atomic E-state index is 0.218. The van der Waals surface area contributed by atoms with Crippen molar-refractivity contribution in [1.29, 1.82) is 0 Å². The van der Waals surface area contributed by atoms with Crippen molar-refractivity contribution in [1.82, 2.24) is 0 Å². The van der Waals surface area contributed by atoms with Crippen LogP contribution in [0.5, 0.6) is 0 Å². The van der Waals surface area contributed by atoms with Gasteiger partial charge in [0.25, 0.3) is 0 Å². The van der Waals surface area contributed by atoms with Gasteiger partial charge in [0.15, 0.2) is 0 Å². The number of aryl methyl sites for hydroxylation is 1. The van der Waals surface area contributed by atoms with Crippen LogP contribution in [0.15, 0.2) is 44.6 Å². The molecule has 0 aliphatic rings. The van der Waals surface area contributed by atoms with Gasteiger partial charge in [0, 0.05) is 0 Å². The third-order valence-corrected chi connectivity index (χ3v) is 23.7. The van der Waals surface area contributed by atoms with Crippen molar-refractivity contribution in [2.24, 2.45) is 0 Å². The molecule has 0 fully saturated rings. The van der Waals surface area contributed by atoms with Crippen LogP contribution in [0.1, 0.15) is 78.2 Å². The first-order valence-corrected chi connectivity index (χ1v) is 20.7. The first kappa shape index (κ1) is 26.5. The minimum atomic E-state index is -3.25. The van der Waals surface area contributed by atoms with Gasteiger partial charge in [-0.15, -0.1) is 0 Å². The molecule has 0 aliphatic carbocycles. The Kier molecular flexibility index (Phi) is 12.6. The van der Waals surface area contributed by atoms with Gasteiger partial charge in [0.1, 0.15) is 0 Å². The van der Waals surface area contributed by atoms with Crippen molar-refractivity contribution in [3.8, 4) is 0 Å². The van der Waals surface area contributed by atoms with Crippen LogP contribution in [0.3, 0.4) is 0 Å². The Bertz CT molecular complexity index is 735. The van der Waals surface area contributed by atoms with E-state index in [2.05, 4.69) is 26.5 Å². The van der Waals surface area contributed by atoms with E-state index in [4.69, 9.17) is 0 Å². The predicted octanol–water partition coefficient (Wildman–Crippen LogP) is 7.65. The number of allylic oxidation sites excluding steroid dienone is 1. The van der Waals surface area contributed by atoms with Crippen molar-refractivity contribution >= 4 is 28.2 Å². The van der Waals surface area contributed by atoms with E-state index < -0.39 is 28.2 Å². The fourth-order valence-electron chi connectivity index (χ4n) is 4.14. The van der Waals surface area contributed by atoms with E-state index in [-0.39, 0.29) is 5.75 Å². The number of unbranched alkanes of at least 4 members (excludes halogenated alkanes) is 3. The standard InChI is InChI=1S/C13H15O2S.3C4H9.Sn/c1-3-4-5-6-11-16(14,15)13-9-7-12(2)8-10-13;3*1-3-4-2;/h3,7-10H,6,11H2,1-2H3;3*1,3-4H2,2H3;. The van der Waals surface area contributed by atoms with E-state index in [9.17, 15) is 8.42 Å². The maximum atomic E-state index is 13.0. The molecule has 0 atom stereocenters. The molecule has 0 spiro atoms. The summed E-state index contributed by atoms with van der Waals surface area (Å²) in [5.74, 6) is 0.218. The van der Waals surface area contributed by atoms with E-state index in [1.165, 1.54) is 55.4 Å². The summed E-state index contributed by atoms with van der Waals surface area (Å²) in [6, 6.07) is 7.29. The predicted molar refractivity (Wildman–Crippen MR) is 130 cm³/mol. The number of hydrogen-bond acceptors (Lipinski definition) is 2. The summed E-state index contributed by atoms with van der Waals surface area (Å²) in [5.41, 5.74) is 4.69. The van der Waals surface area contributed by atoms with Gasteiger partial charge in [-0.05, 0) is 0 Å². The third kappa shape index (κ3) is 8.63. The summed E-state index contributed by atoms with van der Waals surface area (Å²) < 4.78 is 31.5. The monoisotopic (exact) mass is 526 g/mol. The first-order valence-electron chi connectivity index (χ1n) is 11.5. The Morgan fingerprint density at radius 1 is 0.931 bits per heavy atom. The molecule has 0 bridgehead atoms. The Hall–Kier alpha value is -0.511. The summed E-state index contributed by atoms with van der Waals surface area (Å²) in [5, 5.41) is 0. The van der Waals surface area contributed by atoms with Crippen molar-refractivity contribution in [2.75, 3.05) is 5.75 Å². The molecule has 1 aromatic rings. The molecule has 164 valence electrons. The summed E-state index contributed by atoms with van der Waals surface area (Å²) in [7, 11) is -3.25. The van der Waals surface area contributed by atoms with Crippen LogP contribution in [0.2, 0.25) is 13.3 Å². The van der Waals surface area contributed by atoms with Crippen LogP contribution < -0.4 is 0 Å². The van der Waals surface area contributed by atoms with Gasteiger partial charge in [-0.25, -0.2) is 0 Å². The molecule has 0 N–H and O–H groups in total. The van der Waals surface area contributed by atoms with Crippen LogP contribution in [0.4, 0.5) is 0 Å². The van der Waals surface area contributed by atoms with Gasteiger partial charge in [-0.1, -0.05) is 0 Å². The molecule has 0 heterocycles. The molecule has 0 aliphatic heterocycles. The van der Waals surface area contributed by atoms with Gasteiger partial charge in [-0.2, -0.15) is 0 Å². The SMILES string of the molecule is CC=C=[C](CCS(=O)(=O)c1ccc(C)cc1)[Sn]([CH2]CCC)([CH2]CCC)[CH2]CCC. The summed E-state index contributed by atoms with van der Waals surface area (Å²) in [6.07, 6.45) is 10.2. The van der Waals surface area contributed by atoms with Gasteiger partial charge >= 0.3 is 185 Å². The quantitative estimate of drug-likeness (QED) is 0.185. The van der Waals surface area contributed by atoms with E-state index in [1.807, 2.05) is 32.1 Å². The zero-order valence-corrected chi connectivity index (χ0v) is 23.1. The maximum absolute atomic E-state index is 13.0. The third-order valence-electron chi connectivity index (χ3n) is 5.99. The van der Waals surface area contributed by atoms with Gasteiger partial charge in [-0.3, -0.25) is 0 Å². The molecular weight excluding hydrogens is 483 g/mol. The van der Waals surface area contributed by atoms with Crippen molar-refractivity contribution in [3.63, 3.8) is 0 Å². The van der Waals surface area contributed by atoms with Gasteiger partial charge < -0.3 is 0 Å². The molecule has 0 radical (unpaired) electrons. The molecule has 2 nitrogen and oxygen atoms in total. The average molecular weight is 525 g/mol. The molecule has 0 unspecified atom stereocenters. The van der Waals surface area contributed by atoms with Crippen molar-refractivity contribution in [2.45, 2.75) is 97.8 Å². The average Bonchev–Trinajstić information content (AvgIpc) is 2.71. The fraction of sp³-hybridized carbons (Fsp3) is 0.640. The zero-order valence-electron chi connectivity index (χ0n) is 19.4. The molecule has 0 aromatic heterocycles. The second kappa shape index (κ2) is 13.7. The van der Waals surface area contributed by atoms with E-state index in [0.29, 0.717) is 11.3 Å². The number of benzene rings is 1. The van der Waals surface area contributed by atoms with E-state index in [0.717, 1.165) is 5.56 Å². The number of rotatable bonds is 14. The van der Waals surface area contributed by atoms with E-state index in [1.54, 1.807) is 12.1 Å². The molecule has 0 saturated heterocycles. The summed E-state index contributed by atoms with van der Waals surface area (Å²) in [4.78, 5) is 0.458. The molecule has 29 heavy (non-hydrogen) atoms. The van der Waals surface area contributed by atoms with Crippen molar-refractivity contribution < 1.29 is 8.42 Å². The Labute approximate surface area is 184 Å². The molecule has 0 amide bonds. The molecule has 1 aromatic carbocycles. The number of sulfone groups is 1. The number of hydrogen-bond donors (Lipinski definition) is 0. The Balaban J connectivity index is 3.18. The van der Waals surface area contributed by atoms with Crippen LogP contribution in [0.25, 0.3) is 0 Å². The van der Waals surface area contributed by atoms with Crippen LogP contribution in [-0.2, 0) is 9.84 Å². The van der Waals surface area contributed by atoms with Gasteiger partial charge in [0.2, 0.25) is 0 Å². The zero-order chi connectivity index (χ0) is 21.8. The molecule has 1 rings (SSSR count). The van der Waals surface area contributed by atoms with Crippen LogP contribution >= 0.6 is 0 Å². The Morgan fingerprint density at radius 2 is 1.41 bits per heavy atom. The van der Waals surface area contributed by atoms with Crippen LogP contribution in [-0.4, -0.2) is 32.5 Å². The summed E-state index contributed by atoms with van der Waals surface area (Å²) >= 11 is -2.63. The van der Waals surface area contributed by atoms with E-state index >= 15 is 0 Å². The normalized spacial score (nSPS) is 11.9. The topological polar surface area (TPSA) is 34.1 Å². The second-order valence-corrected chi connectivity index (χ2v) is 23.8. The fourth-order valence-corrected chi connectivity index (χ4v) is 22.6. The van der Waals surface area contributed by atoms with Crippen molar-refractivity contribution in [3.05, 3.63) is 45.2 Å². The van der Waals surface area contributed by atoms with Crippen LogP contribution in [0, 0.1) is 6.92 Å².